The van der Waals surface area contributed by atoms with E-state index < -0.39 is 11.5 Å². The highest BCUT2D eigenvalue weighted by atomic mass is 35.5. The zero-order valence-electron chi connectivity index (χ0n) is 13.5. The molecule has 0 aromatic heterocycles. The van der Waals surface area contributed by atoms with Gasteiger partial charge in [0.1, 0.15) is 6.04 Å². The van der Waals surface area contributed by atoms with Crippen LogP contribution in [0.4, 0.5) is 0 Å². The van der Waals surface area contributed by atoms with Crippen LogP contribution in [-0.2, 0) is 16.1 Å². The molecule has 0 aliphatic rings. The van der Waals surface area contributed by atoms with Crippen molar-refractivity contribution in [1.82, 2.24) is 10.2 Å². The van der Waals surface area contributed by atoms with E-state index in [-0.39, 0.29) is 11.8 Å². The van der Waals surface area contributed by atoms with Gasteiger partial charge in [0.05, 0.1) is 0 Å². The van der Waals surface area contributed by atoms with Crippen molar-refractivity contribution in [2.45, 2.75) is 40.3 Å². The molecule has 22 heavy (non-hydrogen) atoms. The largest absolute Gasteiger partial charge is 0.344 e. The number of amides is 2. The van der Waals surface area contributed by atoms with Gasteiger partial charge in [-0.2, -0.15) is 0 Å². The summed E-state index contributed by atoms with van der Waals surface area (Å²) in [7, 11) is 1.67. The van der Waals surface area contributed by atoms with E-state index in [1.165, 1.54) is 4.90 Å². The van der Waals surface area contributed by atoms with Gasteiger partial charge in [0, 0.05) is 29.1 Å². The minimum absolute atomic E-state index is 0.161. The fourth-order valence-corrected chi connectivity index (χ4v) is 2.26. The van der Waals surface area contributed by atoms with Gasteiger partial charge in [-0.25, -0.2) is 0 Å². The van der Waals surface area contributed by atoms with Gasteiger partial charge in [0.15, 0.2) is 0 Å². The summed E-state index contributed by atoms with van der Waals surface area (Å²) in [6.45, 7) is 7.43. The zero-order valence-corrected chi connectivity index (χ0v) is 15.0. The molecule has 1 atom stereocenters. The molecule has 1 aromatic rings. The Morgan fingerprint density at radius 3 is 2.36 bits per heavy atom. The van der Waals surface area contributed by atoms with Gasteiger partial charge < -0.3 is 10.2 Å². The summed E-state index contributed by atoms with van der Waals surface area (Å²) in [6, 6.07) is 4.56. The van der Waals surface area contributed by atoms with E-state index in [1.807, 2.05) is 0 Å². The second kappa shape index (κ2) is 7.34. The van der Waals surface area contributed by atoms with Crippen LogP contribution in [-0.4, -0.2) is 29.8 Å². The lowest BCUT2D eigenvalue weighted by atomic mass is 9.95. The predicted octanol–water partition coefficient (Wildman–Crippen LogP) is 3.50. The quantitative estimate of drug-likeness (QED) is 0.908. The number of nitrogens with one attached hydrogen (secondary N) is 1. The summed E-state index contributed by atoms with van der Waals surface area (Å²) in [5.74, 6) is -0.338. The number of carbonyl (C=O) groups excluding carboxylic acids is 2. The lowest BCUT2D eigenvalue weighted by molar-refractivity contribution is -0.137. The Hall–Kier alpha value is -1.26. The second-order valence-electron chi connectivity index (χ2n) is 6.38. The highest BCUT2D eigenvalue weighted by Crippen LogP contribution is 2.22. The molecule has 1 aromatic carbocycles. The van der Waals surface area contributed by atoms with Crippen LogP contribution in [0, 0.1) is 5.41 Å². The van der Waals surface area contributed by atoms with Crippen molar-refractivity contribution in [2.24, 2.45) is 5.41 Å². The number of carbonyl (C=O) groups is 2. The average molecular weight is 345 g/mol. The van der Waals surface area contributed by atoms with Crippen LogP contribution in [0.2, 0.25) is 10.0 Å². The number of likely N-dealkylation sites (N-methyl/N-ethyl adjacent to an activating group) is 1. The monoisotopic (exact) mass is 344 g/mol. The highest BCUT2D eigenvalue weighted by molar-refractivity contribution is 6.35. The van der Waals surface area contributed by atoms with Crippen molar-refractivity contribution < 1.29 is 9.59 Å². The van der Waals surface area contributed by atoms with Crippen LogP contribution in [0.15, 0.2) is 18.2 Å². The summed E-state index contributed by atoms with van der Waals surface area (Å²) in [5.41, 5.74) is 0.267. The first kappa shape index (κ1) is 18.8. The summed E-state index contributed by atoms with van der Waals surface area (Å²) in [6.07, 6.45) is 0. The lowest BCUT2D eigenvalue weighted by Crippen LogP contribution is -2.48. The second-order valence-corrected chi connectivity index (χ2v) is 7.22. The van der Waals surface area contributed by atoms with Gasteiger partial charge >= 0.3 is 0 Å². The van der Waals surface area contributed by atoms with Crippen LogP contribution >= 0.6 is 23.2 Å². The Morgan fingerprint density at radius 1 is 1.27 bits per heavy atom. The fourth-order valence-electron chi connectivity index (χ4n) is 1.79. The number of halogens is 2. The van der Waals surface area contributed by atoms with Crippen molar-refractivity contribution in [3.05, 3.63) is 33.8 Å². The van der Waals surface area contributed by atoms with Crippen molar-refractivity contribution >= 4 is 35.0 Å². The number of hydrogen-bond acceptors (Lipinski definition) is 2. The fraction of sp³-hybridized carbons (Fsp3) is 0.500. The maximum absolute atomic E-state index is 12.3. The molecule has 0 spiro atoms. The molecule has 1 unspecified atom stereocenters. The van der Waals surface area contributed by atoms with Crippen molar-refractivity contribution in [3.63, 3.8) is 0 Å². The minimum Gasteiger partial charge on any atom is -0.344 e. The maximum atomic E-state index is 12.3. The van der Waals surface area contributed by atoms with Crippen molar-refractivity contribution in [2.75, 3.05) is 7.05 Å². The van der Waals surface area contributed by atoms with E-state index in [0.29, 0.717) is 16.6 Å². The number of hydrogen-bond donors (Lipinski definition) is 1. The highest BCUT2D eigenvalue weighted by Gasteiger charge is 2.26. The Balaban J connectivity index is 2.70. The first-order valence-corrected chi connectivity index (χ1v) is 7.78. The first-order valence-electron chi connectivity index (χ1n) is 7.02. The van der Waals surface area contributed by atoms with E-state index in [0.717, 1.165) is 5.56 Å². The lowest BCUT2D eigenvalue weighted by Gasteiger charge is -2.25. The minimum atomic E-state index is -0.595. The van der Waals surface area contributed by atoms with Crippen molar-refractivity contribution in [1.29, 1.82) is 0 Å². The molecule has 0 heterocycles. The molecule has 122 valence electrons. The molecule has 0 saturated heterocycles. The Morgan fingerprint density at radius 2 is 1.86 bits per heavy atom. The molecule has 0 fully saturated rings. The standard InChI is InChI=1S/C16H22Cl2N2O2/c1-10(19-15(22)16(2,3)4)14(21)20(5)9-11-6-7-12(17)8-13(11)18/h6-8,10H,9H2,1-5H3,(H,19,22). The normalized spacial score (nSPS) is 12.7. The summed E-state index contributed by atoms with van der Waals surface area (Å²) in [4.78, 5) is 25.8. The molecule has 6 heteroatoms. The van der Waals surface area contributed by atoms with Gasteiger partial charge in [0.25, 0.3) is 0 Å². The zero-order chi connectivity index (χ0) is 17.1. The molecule has 0 aliphatic heterocycles. The molecule has 0 radical (unpaired) electrons. The summed E-state index contributed by atoms with van der Waals surface area (Å²) < 4.78 is 0. The molecular formula is C16H22Cl2N2O2. The van der Waals surface area contributed by atoms with Crippen LogP contribution in [0.25, 0.3) is 0 Å². The molecule has 4 nitrogen and oxygen atoms in total. The van der Waals surface area contributed by atoms with E-state index >= 15 is 0 Å². The summed E-state index contributed by atoms with van der Waals surface area (Å²) in [5, 5.41) is 3.79. The van der Waals surface area contributed by atoms with Gasteiger partial charge in [-0.3, -0.25) is 9.59 Å². The molecule has 0 aliphatic carbocycles. The Kier molecular flexibility index (Phi) is 6.27. The van der Waals surface area contributed by atoms with E-state index in [2.05, 4.69) is 5.32 Å². The van der Waals surface area contributed by atoms with Crippen LogP contribution in [0.3, 0.4) is 0 Å². The third-order valence-corrected chi connectivity index (χ3v) is 3.79. The van der Waals surface area contributed by atoms with E-state index in [1.54, 1.807) is 52.9 Å². The van der Waals surface area contributed by atoms with Gasteiger partial charge in [-0.1, -0.05) is 50.0 Å². The number of benzene rings is 1. The third kappa shape index (κ3) is 5.18. The first-order chi connectivity index (χ1) is 10.0. The maximum Gasteiger partial charge on any atom is 0.244 e. The van der Waals surface area contributed by atoms with Crippen LogP contribution < -0.4 is 5.32 Å². The van der Waals surface area contributed by atoms with Gasteiger partial charge in [-0.05, 0) is 24.6 Å². The number of nitrogens with zero attached hydrogens (tertiary/aromatic N) is 1. The van der Waals surface area contributed by atoms with Gasteiger partial charge in [0.2, 0.25) is 11.8 Å². The van der Waals surface area contributed by atoms with Crippen molar-refractivity contribution in [3.8, 4) is 0 Å². The smallest absolute Gasteiger partial charge is 0.244 e. The Labute approximate surface area is 141 Å². The molecule has 2 amide bonds. The average Bonchev–Trinajstić information content (AvgIpc) is 2.39. The van der Waals surface area contributed by atoms with Crippen LogP contribution in [0.1, 0.15) is 33.3 Å². The topological polar surface area (TPSA) is 49.4 Å². The van der Waals surface area contributed by atoms with E-state index in [9.17, 15) is 9.59 Å². The molecule has 0 saturated carbocycles. The molecule has 1 rings (SSSR count). The Bertz CT molecular complexity index is 568. The predicted molar refractivity (Wildman–Crippen MR) is 90.0 cm³/mol. The SMILES string of the molecule is CC(NC(=O)C(C)(C)C)C(=O)N(C)Cc1ccc(Cl)cc1Cl. The van der Waals surface area contributed by atoms with Gasteiger partial charge in [-0.15, -0.1) is 0 Å². The third-order valence-electron chi connectivity index (χ3n) is 3.20. The molecular weight excluding hydrogens is 323 g/mol. The van der Waals surface area contributed by atoms with E-state index in [4.69, 9.17) is 23.2 Å². The molecule has 1 N–H and O–H groups in total. The van der Waals surface area contributed by atoms with Crippen LogP contribution in [0.5, 0.6) is 0 Å². The number of rotatable bonds is 4. The molecule has 0 bridgehead atoms. The summed E-state index contributed by atoms with van der Waals surface area (Å²) >= 11 is 12.0.